The maximum Gasteiger partial charge on any atom is -0.0291 e. The van der Waals surface area contributed by atoms with E-state index in [2.05, 4.69) is 27.7 Å². The van der Waals surface area contributed by atoms with E-state index in [4.69, 9.17) is 0 Å². The summed E-state index contributed by atoms with van der Waals surface area (Å²) in [7, 11) is 0. The van der Waals surface area contributed by atoms with Crippen molar-refractivity contribution in [2.24, 2.45) is 22.7 Å². The molecule has 0 spiro atoms. The van der Waals surface area contributed by atoms with Gasteiger partial charge in [-0.25, -0.2) is 0 Å². The van der Waals surface area contributed by atoms with E-state index in [1.54, 1.807) is 0 Å². The summed E-state index contributed by atoms with van der Waals surface area (Å²) < 4.78 is 0. The number of hydrogen-bond acceptors (Lipinski definition) is 0. The largest absolute Gasteiger partial charge is 0.0599 e. The first-order valence-corrected chi connectivity index (χ1v) is 4.43. The minimum atomic E-state index is 0.671. The van der Waals surface area contributed by atoms with E-state index < -0.39 is 0 Å². The summed E-state index contributed by atoms with van der Waals surface area (Å²) in [6, 6.07) is 0. The predicted molar refractivity (Wildman–Crippen MR) is 43.8 cm³/mol. The van der Waals surface area contributed by atoms with Gasteiger partial charge in [-0.1, -0.05) is 27.7 Å². The van der Waals surface area contributed by atoms with Crippen molar-refractivity contribution in [3.63, 3.8) is 0 Å². The second-order valence-corrected chi connectivity index (χ2v) is 5.61. The second-order valence-electron chi connectivity index (χ2n) is 5.61. The summed E-state index contributed by atoms with van der Waals surface area (Å²) in [5.74, 6) is 2.14. The summed E-state index contributed by atoms with van der Waals surface area (Å²) in [6.45, 7) is 9.68. The lowest BCUT2D eigenvalue weighted by Gasteiger charge is -2.23. The average Bonchev–Trinajstić information content (AvgIpc) is 2.24. The Morgan fingerprint density at radius 3 is 1.60 bits per heavy atom. The molecule has 0 heterocycles. The average molecular weight is 138 g/mol. The van der Waals surface area contributed by atoms with Crippen LogP contribution in [0.15, 0.2) is 0 Å². The first-order valence-electron chi connectivity index (χ1n) is 4.43. The Labute approximate surface area is 64.0 Å². The summed E-state index contributed by atoms with van der Waals surface area (Å²) in [6.07, 6.45) is 2.95. The Bertz CT molecular complexity index is 147. The van der Waals surface area contributed by atoms with E-state index in [-0.39, 0.29) is 0 Å². The van der Waals surface area contributed by atoms with Crippen LogP contribution in [0.3, 0.4) is 0 Å². The van der Waals surface area contributed by atoms with Gasteiger partial charge in [0, 0.05) is 0 Å². The van der Waals surface area contributed by atoms with Gasteiger partial charge in [0.2, 0.25) is 0 Å². The zero-order valence-electron chi connectivity index (χ0n) is 7.57. The molecule has 2 fully saturated rings. The Morgan fingerprint density at radius 2 is 1.30 bits per heavy atom. The van der Waals surface area contributed by atoms with E-state index in [9.17, 15) is 0 Å². The SMILES string of the molecule is CC1(C)CC2C(C1)C2(C)C. The molecule has 2 unspecified atom stereocenters. The Balaban J connectivity index is 2.09. The molecule has 2 aliphatic rings. The molecule has 0 aliphatic heterocycles. The summed E-state index contributed by atoms with van der Waals surface area (Å²) in [5, 5.41) is 0. The van der Waals surface area contributed by atoms with Crippen LogP contribution < -0.4 is 0 Å². The van der Waals surface area contributed by atoms with Crippen LogP contribution in [0.4, 0.5) is 0 Å². The van der Waals surface area contributed by atoms with Gasteiger partial charge in [-0.3, -0.25) is 0 Å². The molecule has 2 saturated carbocycles. The molecule has 2 aliphatic carbocycles. The van der Waals surface area contributed by atoms with Crippen LogP contribution in [-0.4, -0.2) is 0 Å². The van der Waals surface area contributed by atoms with Gasteiger partial charge in [0.05, 0.1) is 0 Å². The van der Waals surface area contributed by atoms with Crippen molar-refractivity contribution >= 4 is 0 Å². The second kappa shape index (κ2) is 1.44. The first kappa shape index (κ1) is 6.69. The Hall–Kier alpha value is 0. The molecule has 0 aromatic heterocycles. The fourth-order valence-corrected chi connectivity index (χ4v) is 2.94. The van der Waals surface area contributed by atoms with E-state index in [1.165, 1.54) is 12.8 Å². The highest BCUT2D eigenvalue weighted by atomic mass is 14.7. The molecule has 0 bridgehead atoms. The molecule has 0 N–H and O–H groups in total. The molecular weight excluding hydrogens is 120 g/mol. The van der Waals surface area contributed by atoms with Crippen molar-refractivity contribution in [3.8, 4) is 0 Å². The minimum Gasteiger partial charge on any atom is -0.0599 e. The van der Waals surface area contributed by atoms with Crippen molar-refractivity contribution in [2.75, 3.05) is 0 Å². The smallest absolute Gasteiger partial charge is 0.0291 e. The van der Waals surface area contributed by atoms with E-state index >= 15 is 0 Å². The van der Waals surface area contributed by atoms with Crippen molar-refractivity contribution < 1.29 is 0 Å². The van der Waals surface area contributed by atoms with Crippen molar-refractivity contribution in [1.82, 2.24) is 0 Å². The van der Waals surface area contributed by atoms with Gasteiger partial charge in [0.15, 0.2) is 0 Å². The predicted octanol–water partition coefficient (Wildman–Crippen LogP) is 3.08. The van der Waals surface area contributed by atoms with Crippen molar-refractivity contribution in [3.05, 3.63) is 0 Å². The standard InChI is InChI=1S/C10H18/c1-9(2)5-7-8(6-9)10(7,3)4/h7-8H,5-6H2,1-4H3. The molecule has 0 heteroatoms. The normalized spacial score (nSPS) is 46.8. The third kappa shape index (κ3) is 0.681. The monoisotopic (exact) mass is 138 g/mol. The Kier molecular flexibility index (Phi) is 0.964. The zero-order chi connectivity index (χ0) is 7.57. The zero-order valence-corrected chi connectivity index (χ0v) is 7.57. The van der Waals surface area contributed by atoms with E-state index in [0.29, 0.717) is 5.41 Å². The minimum absolute atomic E-state index is 0.671. The highest BCUT2D eigenvalue weighted by molar-refractivity contribution is 5.12. The lowest BCUT2D eigenvalue weighted by molar-refractivity contribution is 0.277. The summed E-state index contributed by atoms with van der Waals surface area (Å²) >= 11 is 0. The van der Waals surface area contributed by atoms with Crippen LogP contribution in [0.25, 0.3) is 0 Å². The fourth-order valence-electron chi connectivity index (χ4n) is 2.94. The van der Waals surface area contributed by atoms with Gasteiger partial charge in [0.25, 0.3) is 0 Å². The summed E-state index contributed by atoms with van der Waals surface area (Å²) in [4.78, 5) is 0. The van der Waals surface area contributed by atoms with Crippen LogP contribution in [0.1, 0.15) is 40.5 Å². The lowest BCUT2D eigenvalue weighted by Crippen LogP contribution is -2.12. The number of fused-ring (bicyclic) bond motifs is 1. The van der Waals surface area contributed by atoms with Crippen molar-refractivity contribution in [1.29, 1.82) is 0 Å². The number of hydrogen-bond donors (Lipinski definition) is 0. The molecule has 0 saturated heterocycles. The molecular formula is C10H18. The van der Waals surface area contributed by atoms with Gasteiger partial charge in [-0.15, -0.1) is 0 Å². The highest BCUT2D eigenvalue weighted by Crippen LogP contribution is 2.71. The molecule has 0 aromatic carbocycles. The van der Waals surface area contributed by atoms with Gasteiger partial charge in [0.1, 0.15) is 0 Å². The van der Waals surface area contributed by atoms with Crippen LogP contribution >= 0.6 is 0 Å². The maximum atomic E-state index is 2.43. The van der Waals surface area contributed by atoms with Crippen LogP contribution in [0, 0.1) is 22.7 Å². The van der Waals surface area contributed by atoms with Crippen molar-refractivity contribution in [2.45, 2.75) is 40.5 Å². The molecule has 58 valence electrons. The molecule has 0 amide bonds. The first-order chi connectivity index (χ1) is 4.43. The maximum absolute atomic E-state index is 2.43. The van der Waals surface area contributed by atoms with E-state index in [1.807, 2.05) is 0 Å². The van der Waals surface area contributed by atoms with Crippen LogP contribution in [-0.2, 0) is 0 Å². The molecule has 0 aromatic rings. The molecule has 2 rings (SSSR count). The van der Waals surface area contributed by atoms with E-state index in [0.717, 1.165) is 17.3 Å². The third-order valence-electron chi connectivity index (χ3n) is 3.83. The molecule has 2 atom stereocenters. The van der Waals surface area contributed by atoms with Crippen LogP contribution in [0.2, 0.25) is 0 Å². The fraction of sp³-hybridized carbons (Fsp3) is 1.00. The summed E-state index contributed by atoms with van der Waals surface area (Å²) in [5.41, 5.74) is 1.39. The third-order valence-corrected chi connectivity index (χ3v) is 3.83. The van der Waals surface area contributed by atoms with Crippen LogP contribution in [0.5, 0.6) is 0 Å². The topological polar surface area (TPSA) is 0 Å². The van der Waals surface area contributed by atoms with Gasteiger partial charge in [-0.05, 0) is 35.5 Å². The molecule has 10 heavy (non-hydrogen) atoms. The van der Waals surface area contributed by atoms with Gasteiger partial charge >= 0.3 is 0 Å². The number of rotatable bonds is 0. The molecule has 0 radical (unpaired) electrons. The lowest BCUT2D eigenvalue weighted by atomic mass is 9.82. The molecule has 0 nitrogen and oxygen atoms in total. The highest BCUT2D eigenvalue weighted by Gasteiger charge is 2.63. The quantitative estimate of drug-likeness (QED) is 0.482. The Morgan fingerprint density at radius 1 is 0.900 bits per heavy atom. The van der Waals surface area contributed by atoms with Gasteiger partial charge < -0.3 is 0 Å². The van der Waals surface area contributed by atoms with Gasteiger partial charge in [-0.2, -0.15) is 0 Å².